The molecule has 87 heavy (non-hydrogen) atoms. The van der Waals surface area contributed by atoms with E-state index in [2.05, 4.69) is 49.3 Å². The zero-order chi connectivity index (χ0) is 62.8. The highest BCUT2D eigenvalue weighted by atomic mass is 16.7. The molecule has 0 amide bonds. The summed E-state index contributed by atoms with van der Waals surface area (Å²) in [4.78, 5) is 45.7. The fourth-order valence-electron chi connectivity index (χ4n) is 11.5. The second-order valence-electron chi connectivity index (χ2n) is 25.8. The second kappa shape index (κ2) is 67.0. The predicted octanol–water partition coefficient (Wildman–Crippen LogP) is 19.1. The highest BCUT2D eigenvalue weighted by Crippen LogP contribution is 2.17. The molecule has 0 aliphatic carbocycles. The van der Waals surface area contributed by atoms with Crippen molar-refractivity contribution in [1.82, 2.24) is 14.7 Å². The standard InChI is InChI=1S/C74H145N3O10/c1-6-11-16-21-26-27-28-33-43-63-81-70(78)49-36-34-41-54-75(55-42-35-48-64-82-71(79)50-37-39-52-73(84-65-44-29-22-17-12-7-2)85-66-45-30-23-18-13-8-3)56-57-76-58-60-77(61-59-76)62-69-83-72(80)51-38-40-53-74(86-67-46-31-24-19-14-9-4)87-68-47-32-25-20-15-10-5/h73-74H,6-69H2,1-5H3. The first-order valence-corrected chi connectivity index (χ1v) is 37.9. The van der Waals surface area contributed by atoms with Crippen molar-refractivity contribution in [2.75, 3.05) is 105 Å². The summed E-state index contributed by atoms with van der Waals surface area (Å²) in [6.07, 6.45) is 53.2. The van der Waals surface area contributed by atoms with Gasteiger partial charge >= 0.3 is 17.9 Å². The molecule has 0 aromatic carbocycles. The molecule has 0 spiro atoms. The molecule has 0 saturated carbocycles. The number of hydrogen-bond acceptors (Lipinski definition) is 13. The zero-order valence-corrected chi connectivity index (χ0v) is 58.3. The number of carbonyl (C=O) groups excluding carboxylic acids is 3. The van der Waals surface area contributed by atoms with E-state index in [0.29, 0.717) is 39.1 Å². The van der Waals surface area contributed by atoms with Crippen LogP contribution in [0.4, 0.5) is 0 Å². The van der Waals surface area contributed by atoms with Crippen LogP contribution < -0.4 is 0 Å². The van der Waals surface area contributed by atoms with E-state index in [1.807, 2.05) is 0 Å². The van der Waals surface area contributed by atoms with E-state index in [1.165, 1.54) is 173 Å². The number of unbranched alkanes of at least 4 members (excludes halogenated alkanes) is 34. The lowest BCUT2D eigenvalue weighted by molar-refractivity contribution is -0.150. The Morgan fingerprint density at radius 1 is 0.287 bits per heavy atom. The molecule has 1 fully saturated rings. The maximum absolute atomic E-state index is 12.8. The normalized spacial score (nSPS) is 13.2. The molecule has 13 nitrogen and oxygen atoms in total. The Kier molecular flexibility index (Phi) is 64.1. The third-order valence-corrected chi connectivity index (χ3v) is 17.5. The summed E-state index contributed by atoms with van der Waals surface area (Å²) in [5.41, 5.74) is 0. The SMILES string of the molecule is CCCCCCCCCCCOC(=O)CCCCCN(CCCCCOC(=O)CCCCC(OCCCCCCCC)OCCCCCCCC)CCN1CCN(CCOC(=O)CCCCC(OCCCCCCCC)OCCCCCCCC)CC1. The Morgan fingerprint density at radius 3 is 0.897 bits per heavy atom. The Bertz CT molecular complexity index is 1400. The second-order valence-corrected chi connectivity index (χ2v) is 25.8. The molecular weight excluding hydrogens is 1090 g/mol. The molecule has 1 rings (SSSR count). The van der Waals surface area contributed by atoms with Gasteiger partial charge in [-0.3, -0.25) is 24.2 Å². The molecule has 1 saturated heterocycles. The molecule has 13 heteroatoms. The first-order chi connectivity index (χ1) is 42.8. The molecule has 0 radical (unpaired) electrons. The Labute approximate surface area is 538 Å². The maximum Gasteiger partial charge on any atom is 0.305 e. The van der Waals surface area contributed by atoms with Crippen molar-refractivity contribution in [3.05, 3.63) is 0 Å². The van der Waals surface area contributed by atoms with Crippen molar-refractivity contribution in [3.8, 4) is 0 Å². The summed E-state index contributed by atoms with van der Waals surface area (Å²) in [6, 6.07) is 0. The van der Waals surface area contributed by atoms with Crippen LogP contribution in [0.1, 0.15) is 343 Å². The van der Waals surface area contributed by atoms with Crippen LogP contribution in [0.3, 0.4) is 0 Å². The van der Waals surface area contributed by atoms with Crippen LogP contribution in [-0.4, -0.2) is 150 Å². The molecule has 0 aromatic rings. The van der Waals surface area contributed by atoms with Crippen molar-refractivity contribution >= 4 is 17.9 Å². The van der Waals surface area contributed by atoms with Crippen molar-refractivity contribution in [2.45, 2.75) is 355 Å². The monoisotopic (exact) mass is 1240 g/mol. The van der Waals surface area contributed by atoms with Gasteiger partial charge in [0.15, 0.2) is 12.6 Å². The number of ether oxygens (including phenoxy) is 7. The minimum absolute atomic E-state index is 0.0471. The van der Waals surface area contributed by atoms with Gasteiger partial charge in [-0.2, -0.15) is 0 Å². The van der Waals surface area contributed by atoms with Crippen molar-refractivity contribution < 1.29 is 47.5 Å². The van der Waals surface area contributed by atoms with Gasteiger partial charge in [0.05, 0.1) is 13.2 Å². The van der Waals surface area contributed by atoms with Crippen molar-refractivity contribution in [1.29, 1.82) is 0 Å². The number of esters is 3. The third kappa shape index (κ3) is 58.9. The summed E-state index contributed by atoms with van der Waals surface area (Å²) in [5, 5.41) is 0. The lowest BCUT2D eigenvalue weighted by atomic mass is 10.1. The van der Waals surface area contributed by atoms with Crippen molar-refractivity contribution in [2.24, 2.45) is 0 Å². The summed E-state index contributed by atoms with van der Waals surface area (Å²) in [6.45, 7) is 24.6. The predicted molar refractivity (Wildman–Crippen MR) is 364 cm³/mol. The molecule has 0 unspecified atom stereocenters. The van der Waals surface area contributed by atoms with E-state index in [0.717, 1.165) is 201 Å². The molecule has 1 heterocycles. The highest BCUT2D eigenvalue weighted by molar-refractivity contribution is 5.69. The van der Waals surface area contributed by atoms with Gasteiger partial charge < -0.3 is 38.1 Å². The summed E-state index contributed by atoms with van der Waals surface area (Å²) >= 11 is 0. The average Bonchev–Trinajstić information content (AvgIpc) is 3.63. The first-order valence-electron chi connectivity index (χ1n) is 37.9. The smallest absolute Gasteiger partial charge is 0.305 e. The molecule has 0 atom stereocenters. The quantitative estimate of drug-likeness (QED) is 0.0248. The molecule has 1 aliphatic rings. The minimum atomic E-state index is -0.180. The highest BCUT2D eigenvalue weighted by Gasteiger charge is 2.19. The van der Waals surface area contributed by atoms with E-state index in [1.54, 1.807) is 0 Å². The van der Waals surface area contributed by atoms with Gasteiger partial charge in [0, 0.05) is 91.5 Å². The van der Waals surface area contributed by atoms with E-state index >= 15 is 0 Å². The number of nitrogens with zero attached hydrogens (tertiary/aromatic N) is 3. The van der Waals surface area contributed by atoms with Gasteiger partial charge in [0.25, 0.3) is 0 Å². The van der Waals surface area contributed by atoms with E-state index in [9.17, 15) is 14.4 Å². The van der Waals surface area contributed by atoms with Crippen LogP contribution >= 0.6 is 0 Å². The minimum Gasteiger partial charge on any atom is -0.466 e. The summed E-state index contributed by atoms with van der Waals surface area (Å²) < 4.78 is 41.9. The molecule has 1 aliphatic heterocycles. The van der Waals surface area contributed by atoms with Gasteiger partial charge in [-0.25, -0.2) is 0 Å². The number of carbonyl (C=O) groups is 3. The number of rotatable bonds is 70. The summed E-state index contributed by atoms with van der Waals surface area (Å²) in [5.74, 6) is -0.243. The van der Waals surface area contributed by atoms with Crippen LogP contribution in [-0.2, 0) is 47.5 Å². The Hall–Kier alpha value is -1.87. The Balaban J connectivity index is 2.51. The zero-order valence-electron chi connectivity index (χ0n) is 58.3. The van der Waals surface area contributed by atoms with Gasteiger partial charge in [0.2, 0.25) is 0 Å². The van der Waals surface area contributed by atoms with Gasteiger partial charge in [-0.1, -0.05) is 221 Å². The van der Waals surface area contributed by atoms with Crippen LogP contribution in [0.2, 0.25) is 0 Å². The average molecular weight is 1240 g/mol. The molecular formula is C74H145N3O10. The number of hydrogen-bond donors (Lipinski definition) is 0. The molecule has 0 bridgehead atoms. The first kappa shape index (κ1) is 83.1. The van der Waals surface area contributed by atoms with Gasteiger partial charge in [-0.05, 0) is 116 Å². The molecule has 0 N–H and O–H groups in total. The van der Waals surface area contributed by atoms with Gasteiger partial charge in [0.1, 0.15) is 6.61 Å². The van der Waals surface area contributed by atoms with Crippen LogP contribution in [0.15, 0.2) is 0 Å². The topological polar surface area (TPSA) is 126 Å². The maximum atomic E-state index is 12.8. The van der Waals surface area contributed by atoms with Crippen LogP contribution in [0, 0.1) is 0 Å². The summed E-state index contributed by atoms with van der Waals surface area (Å²) in [7, 11) is 0. The number of piperazine rings is 1. The lowest BCUT2D eigenvalue weighted by Gasteiger charge is -2.35. The van der Waals surface area contributed by atoms with E-state index in [4.69, 9.17) is 33.2 Å². The molecule has 516 valence electrons. The Morgan fingerprint density at radius 2 is 0.552 bits per heavy atom. The van der Waals surface area contributed by atoms with E-state index < -0.39 is 0 Å². The fourth-order valence-corrected chi connectivity index (χ4v) is 11.5. The van der Waals surface area contributed by atoms with Gasteiger partial charge in [-0.15, -0.1) is 0 Å². The van der Waals surface area contributed by atoms with Crippen LogP contribution in [0.25, 0.3) is 0 Å². The fraction of sp³-hybridized carbons (Fsp3) is 0.959. The lowest BCUT2D eigenvalue weighted by Crippen LogP contribution is -2.49. The molecule has 0 aromatic heterocycles. The van der Waals surface area contributed by atoms with E-state index in [-0.39, 0.29) is 30.5 Å². The van der Waals surface area contributed by atoms with Crippen LogP contribution in [0.5, 0.6) is 0 Å². The third-order valence-electron chi connectivity index (χ3n) is 17.5. The van der Waals surface area contributed by atoms with Crippen molar-refractivity contribution in [3.63, 3.8) is 0 Å². The largest absolute Gasteiger partial charge is 0.466 e.